The Labute approximate surface area is 90.8 Å². The van der Waals surface area contributed by atoms with Gasteiger partial charge in [0.05, 0.1) is 0 Å². The lowest BCUT2D eigenvalue weighted by molar-refractivity contribution is 0.293. The SMILES string of the molecule is CC=C(C)CCCC(C)CC(C)(C)C. The lowest BCUT2D eigenvalue weighted by Gasteiger charge is -2.23. The highest BCUT2D eigenvalue weighted by Crippen LogP contribution is 2.27. The van der Waals surface area contributed by atoms with Crippen LogP contribution in [-0.2, 0) is 0 Å². The van der Waals surface area contributed by atoms with E-state index in [9.17, 15) is 0 Å². The molecule has 0 aromatic rings. The van der Waals surface area contributed by atoms with E-state index in [0.29, 0.717) is 5.41 Å². The smallest absolute Gasteiger partial charge is 0.0323 e. The monoisotopic (exact) mass is 196 g/mol. The molecule has 0 bridgehead atoms. The minimum Gasteiger partial charge on any atom is -0.0887 e. The Morgan fingerprint density at radius 1 is 1.29 bits per heavy atom. The number of hydrogen-bond donors (Lipinski definition) is 0. The van der Waals surface area contributed by atoms with Crippen LogP contribution in [0.15, 0.2) is 11.6 Å². The molecule has 0 saturated heterocycles. The Kier molecular flexibility index (Phi) is 6.15. The van der Waals surface area contributed by atoms with Crippen LogP contribution < -0.4 is 0 Å². The van der Waals surface area contributed by atoms with Gasteiger partial charge in [0.1, 0.15) is 0 Å². The fourth-order valence-electron chi connectivity index (χ4n) is 2.02. The average Bonchev–Trinajstić information content (AvgIpc) is 2.00. The molecule has 0 radical (unpaired) electrons. The van der Waals surface area contributed by atoms with Crippen molar-refractivity contribution < 1.29 is 0 Å². The average molecular weight is 196 g/mol. The molecule has 1 atom stereocenters. The van der Waals surface area contributed by atoms with Gasteiger partial charge in [-0.25, -0.2) is 0 Å². The number of rotatable bonds is 5. The van der Waals surface area contributed by atoms with E-state index in [2.05, 4.69) is 47.6 Å². The minimum atomic E-state index is 0.495. The van der Waals surface area contributed by atoms with Crippen molar-refractivity contribution in [2.24, 2.45) is 11.3 Å². The van der Waals surface area contributed by atoms with Crippen molar-refractivity contribution in [1.82, 2.24) is 0 Å². The van der Waals surface area contributed by atoms with Gasteiger partial charge < -0.3 is 0 Å². The first-order chi connectivity index (χ1) is 6.35. The first-order valence-electron chi connectivity index (χ1n) is 5.97. The summed E-state index contributed by atoms with van der Waals surface area (Å²) in [4.78, 5) is 0. The van der Waals surface area contributed by atoms with Gasteiger partial charge >= 0.3 is 0 Å². The topological polar surface area (TPSA) is 0 Å². The van der Waals surface area contributed by atoms with E-state index in [4.69, 9.17) is 0 Å². The van der Waals surface area contributed by atoms with Crippen molar-refractivity contribution >= 4 is 0 Å². The summed E-state index contributed by atoms with van der Waals surface area (Å²) in [5, 5.41) is 0. The Bertz CT molecular complexity index is 169. The van der Waals surface area contributed by atoms with E-state index in [1.807, 2.05) is 0 Å². The van der Waals surface area contributed by atoms with Crippen molar-refractivity contribution in [3.8, 4) is 0 Å². The Morgan fingerprint density at radius 2 is 1.86 bits per heavy atom. The molecule has 0 amide bonds. The molecule has 84 valence electrons. The molecular weight excluding hydrogens is 168 g/mol. The predicted octanol–water partition coefficient (Wildman–Crippen LogP) is 5.20. The van der Waals surface area contributed by atoms with E-state index in [1.54, 1.807) is 0 Å². The molecule has 14 heavy (non-hydrogen) atoms. The lowest BCUT2D eigenvalue weighted by Crippen LogP contribution is -2.10. The maximum Gasteiger partial charge on any atom is -0.0323 e. The molecule has 0 heteroatoms. The van der Waals surface area contributed by atoms with E-state index in [0.717, 1.165) is 5.92 Å². The third-order valence-corrected chi connectivity index (χ3v) is 2.72. The quantitative estimate of drug-likeness (QED) is 0.530. The molecule has 0 N–H and O–H groups in total. The molecule has 0 saturated carbocycles. The van der Waals surface area contributed by atoms with Crippen LogP contribution in [0.25, 0.3) is 0 Å². The molecule has 0 aromatic carbocycles. The minimum absolute atomic E-state index is 0.495. The van der Waals surface area contributed by atoms with Crippen LogP contribution in [0.2, 0.25) is 0 Å². The van der Waals surface area contributed by atoms with Crippen molar-refractivity contribution in [3.05, 3.63) is 11.6 Å². The Morgan fingerprint density at radius 3 is 2.29 bits per heavy atom. The van der Waals surface area contributed by atoms with Crippen LogP contribution in [-0.4, -0.2) is 0 Å². The van der Waals surface area contributed by atoms with E-state index < -0.39 is 0 Å². The lowest BCUT2D eigenvalue weighted by atomic mass is 9.83. The normalized spacial score (nSPS) is 15.7. The highest BCUT2D eigenvalue weighted by atomic mass is 14.2. The maximum atomic E-state index is 2.39. The second-order valence-corrected chi connectivity index (χ2v) is 5.90. The standard InChI is InChI=1S/C14H28/c1-7-12(2)9-8-10-13(3)11-14(4,5)6/h7,13H,8-11H2,1-6H3. The second kappa shape index (κ2) is 6.27. The van der Waals surface area contributed by atoms with Gasteiger partial charge in [0.25, 0.3) is 0 Å². The zero-order chi connectivity index (χ0) is 11.2. The van der Waals surface area contributed by atoms with E-state index >= 15 is 0 Å². The van der Waals surface area contributed by atoms with Crippen LogP contribution >= 0.6 is 0 Å². The van der Waals surface area contributed by atoms with Crippen LogP contribution in [0, 0.1) is 11.3 Å². The van der Waals surface area contributed by atoms with Gasteiger partial charge in [-0.05, 0) is 44.4 Å². The van der Waals surface area contributed by atoms with Gasteiger partial charge in [0, 0.05) is 0 Å². The molecule has 0 spiro atoms. The Balaban J connectivity index is 3.60. The predicted molar refractivity (Wildman–Crippen MR) is 66.5 cm³/mol. The first-order valence-corrected chi connectivity index (χ1v) is 5.97. The molecule has 0 nitrogen and oxygen atoms in total. The van der Waals surface area contributed by atoms with Gasteiger partial charge in [0.15, 0.2) is 0 Å². The maximum absolute atomic E-state index is 2.39. The van der Waals surface area contributed by atoms with Crippen molar-refractivity contribution in [2.45, 2.75) is 67.2 Å². The molecule has 1 unspecified atom stereocenters. The molecule has 0 heterocycles. The molecule has 0 rings (SSSR count). The van der Waals surface area contributed by atoms with Gasteiger partial charge in [-0.2, -0.15) is 0 Å². The summed E-state index contributed by atoms with van der Waals surface area (Å²) >= 11 is 0. The highest BCUT2D eigenvalue weighted by molar-refractivity contribution is 4.94. The zero-order valence-electron chi connectivity index (χ0n) is 11.0. The number of hydrogen-bond acceptors (Lipinski definition) is 0. The van der Waals surface area contributed by atoms with Crippen molar-refractivity contribution in [1.29, 1.82) is 0 Å². The van der Waals surface area contributed by atoms with E-state index in [1.165, 1.54) is 31.3 Å². The van der Waals surface area contributed by atoms with Crippen LogP contribution in [0.3, 0.4) is 0 Å². The molecule has 0 aromatic heterocycles. The van der Waals surface area contributed by atoms with Gasteiger partial charge in [-0.3, -0.25) is 0 Å². The summed E-state index contributed by atoms with van der Waals surface area (Å²) in [5.74, 6) is 0.875. The molecule has 0 aliphatic carbocycles. The summed E-state index contributed by atoms with van der Waals surface area (Å²) in [6.45, 7) is 13.8. The summed E-state index contributed by atoms with van der Waals surface area (Å²) in [5.41, 5.74) is 2.03. The molecular formula is C14H28. The van der Waals surface area contributed by atoms with Crippen LogP contribution in [0.1, 0.15) is 67.2 Å². The molecule has 0 fully saturated rings. The van der Waals surface area contributed by atoms with Gasteiger partial charge in [0.2, 0.25) is 0 Å². The molecule has 0 aliphatic rings. The van der Waals surface area contributed by atoms with Gasteiger partial charge in [-0.15, -0.1) is 0 Å². The molecule has 0 aliphatic heterocycles. The third-order valence-electron chi connectivity index (χ3n) is 2.72. The van der Waals surface area contributed by atoms with Gasteiger partial charge in [-0.1, -0.05) is 45.8 Å². The fraction of sp³-hybridized carbons (Fsp3) is 0.857. The third kappa shape index (κ3) is 8.34. The second-order valence-electron chi connectivity index (χ2n) is 5.90. The van der Waals surface area contributed by atoms with Crippen LogP contribution in [0.5, 0.6) is 0 Å². The summed E-state index contributed by atoms with van der Waals surface area (Å²) < 4.78 is 0. The van der Waals surface area contributed by atoms with E-state index in [-0.39, 0.29) is 0 Å². The largest absolute Gasteiger partial charge is 0.0887 e. The van der Waals surface area contributed by atoms with Crippen LogP contribution in [0.4, 0.5) is 0 Å². The summed E-state index contributed by atoms with van der Waals surface area (Å²) in [6.07, 6.45) is 7.59. The van der Waals surface area contributed by atoms with Crippen molar-refractivity contribution in [3.63, 3.8) is 0 Å². The van der Waals surface area contributed by atoms with Crippen molar-refractivity contribution in [2.75, 3.05) is 0 Å². The summed E-state index contributed by atoms with van der Waals surface area (Å²) in [7, 11) is 0. The summed E-state index contributed by atoms with van der Waals surface area (Å²) in [6, 6.07) is 0. The first kappa shape index (κ1) is 13.7. The highest BCUT2D eigenvalue weighted by Gasteiger charge is 2.14. The fourth-order valence-corrected chi connectivity index (χ4v) is 2.02. The number of allylic oxidation sites excluding steroid dienone is 2. The zero-order valence-corrected chi connectivity index (χ0v) is 11.0. The Hall–Kier alpha value is -0.260.